The van der Waals surface area contributed by atoms with Crippen LogP contribution in [0, 0.1) is 48.3 Å². The van der Waals surface area contributed by atoms with Crippen molar-refractivity contribution in [2.24, 2.45) is 27.6 Å². The Kier molecular flexibility index (Phi) is 16.2. The molecule has 58 heavy (non-hydrogen) atoms. The number of carboxylic acids is 4. The SMILES string of the molecule is Cc1cc(CCCCCC2(C(=O)O)CC2)c(CCCCC(C)(C)C(=O)O)c(CC2CC2(CCCCCc2c(C)ccc(C)c2CCCCC(C)(C)C(=O)O)C(=O)O)c1. The average Bonchev–Trinajstić information content (AvgIpc) is 4.07. The monoisotopic (exact) mass is 803 g/mol. The van der Waals surface area contributed by atoms with Crippen molar-refractivity contribution >= 4 is 23.9 Å². The molecule has 0 spiro atoms. The highest BCUT2D eigenvalue weighted by molar-refractivity contribution is 5.79. The summed E-state index contributed by atoms with van der Waals surface area (Å²) in [7, 11) is 0. The van der Waals surface area contributed by atoms with E-state index in [4.69, 9.17) is 0 Å². The minimum Gasteiger partial charge on any atom is -0.481 e. The van der Waals surface area contributed by atoms with Gasteiger partial charge in [0.15, 0.2) is 0 Å². The van der Waals surface area contributed by atoms with Gasteiger partial charge in [-0.3, -0.25) is 19.2 Å². The van der Waals surface area contributed by atoms with Crippen LogP contribution in [0.1, 0.15) is 181 Å². The Morgan fingerprint density at radius 3 is 1.53 bits per heavy atom. The smallest absolute Gasteiger partial charge is 0.309 e. The molecule has 4 rings (SSSR count). The Morgan fingerprint density at radius 1 is 0.586 bits per heavy atom. The quantitative estimate of drug-likeness (QED) is 0.0621. The van der Waals surface area contributed by atoms with Crippen molar-refractivity contribution in [2.45, 2.75) is 190 Å². The molecule has 2 aromatic rings. The van der Waals surface area contributed by atoms with Crippen LogP contribution in [0.3, 0.4) is 0 Å². The zero-order valence-corrected chi connectivity index (χ0v) is 36.9. The summed E-state index contributed by atoms with van der Waals surface area (Å²) in [6.07, 6.45) is 18.6. The predicted octanol–water partition coefficient (Wildman–Crippen LogP) is 11.7. The van der Waals surface area contributed by atoms with E-state index in [-0.39, 0.29) is 5.92 Å². The fourth-order valence-electron chi connectivity index (χ4n) is 9.46. The van der Waals surface area contributed by atoms with Gasteiger partial charge >= 0.3 is 23.9 Å². The maximum Gasteiger partial charge on any atom is 0.309 e. The maximum absolute atomic E-state index is 12.9. The van der Waals surface area contributed by atoms with E-state index in [2.05, 4.69) is 45.0 Å². The number of unbranched alkanes of at least 4 members (excludes halogenated alkanes) is 6. The number of carboxylic acid groups (broad SMARTS) is 4. The molecule has 2 unspecified atom stereocenters. The van der Waals surface area contributed by atoms with Crippen molar-refractivity contribution in [3.05, 3.63) is 68.8 Å². The minimum atomic E-state index is -0.778. The van der Waals surface area contributed by atoms with Crippen LogP contribution in [-0.4, -0.2) is 44.3 Å². The average molecular weight is 803 g/mol. The van der Waals surface area contributed by atoms with E-state index < -0.39 is 45.5 Å². The Balaban J connectivity index is 1.37. The zero-order valence-electron chi connectivity index (χ0n) is 36.9. The molecule has 4 N–H and O–H groups in total. The molecule has 0 bridgehead atoms. The molecule has 0 amide bonds. The Labute approximate surface area is 348 Å². The highest BCUT2D eigenvalue weighted by atomic mass is 16.4. The largest absolute Gasteiger partial charge is 0.481 e. The lowest BCUT2D eigenvalue weighted by Crippen LogP contribution is -2.23. The number of hydrogen-bond acceptors (Lipinski definition) is 4. The molecule has 322 valence electrons. The van der Waals surface area contributed by atoms with E-state index in [0.717, 1.165) is 116 Å². The highest BCUT2D eigenvalue weighted by Gasteiger charge is 2.59. The van der Waals surface area contributed by atoms with Gasteiger partial charge in [-0.05, 0) is 196 Å². The van der Waals surface area contributed by atoms with Crippen LogP contribution in [0.5, 0.6) is 0 Å². The lowest BCUT2D eigenvalue weighted by Gasteiger charge is -2.21. The first kappa shape index (κ1) is 47.0. The molecule has 2 aliphatic carbocycles. The van der Waals surface area contributed by atoms with Gasteiger partial charge in [0.05, 0.1) is 21.7 Å². The van der Waals surface area contributed by atoms with Crippen molar-refractivity contribution < 1.29 is 39.6 Å². The van der Waals surface area contributed by atoms with Gasteiger partial charge in [0.25, 0.3) is 0 Å². The van der Waals surface area contributed by atoms with Crippen LogP contribution in [0.2, 0.25) is 0 Å². The summed E-state index contributed by atoms with van der Waals surface area (Å²) in [6, 6.07) is 8.92. The summed E-state index contributed by atoms with van der Waals surface area (Å²) in [5.41, 5.74) is 7.75. The van der Waals surface area contributed by atoms with Crippen LogP contribution in [-0.2, 0) is 51.3 Å². The van der Waals surface area contributed by atoms with Crippen molar-refractivity contribution in [3.63, 3.8) is 0 Å². The van der Waals surface area contributed by atoms with Gasteiger partial charge in [-0.1, -0.05) is 68.4 Å². The van der Waals surface area contributed by atoms with Gasteiger partial charge in [-0.2, -0.15) is 0 Å². The second-order valence-electron chi connectivity index (χ2n) is 19.8. The standard InChI is InChI=1S/C50H74O8/c1-34-30-37(18-10-8-14-26-49(28-29-49)45(55)56)42(21-13-17-25-48(6,7)44(53)54)38(31-34)32-39-33-50(39,46(57)58)27-15-9-11-19-40-35(2)22-23-36(3)41(40)20-12-16-24-47(4,5)43(51)52/h22-23,30-31,39H,8-21,24-29,32-33H2,1-7H3,(H,51,52)(H,53,54)(H,55,56)(H,57,58). The number of benzene rings is 2. The van der Waals surface area contributed by atoms with Crippen LogP contribution in [0.15, 0.2) is 24.3 Å². The fraction of sp³-hybridized carbons (Fsp3) is 0.680. The summed E-state index contributed by atoms with van der Waals surface area (Å²) in [4.78, 5) is 47.9. The fourth-order valence-corrected chi connectivity index (χ4v) is 9.46. The Morgan fingerprint density at radius 2 is 1.05 bits per heavy atom. The number of hydrogen-bond donors (Lipinski definition) is 4. The van der Waals surface area contributed by atoms with Gasteiger partial charge in [0, 0.05) is 0 Å². The minimum absolute atomic E-state index is 0.0896. The van der Waals surface area contributed by atoms with E-state index in [1.807, 2.05) is 0 Å². The molecule has 2 aliphatic rings. The van der Waals surface area contributed by atoms with Gasteiger partial charge < -0.3 is 20.4 Å². The van der Waals surface area contributed by atoms with Crippen LogP contribution in [0.25, 0.3) is 0 Å². The predicted molar refractivity (Wildman–Crippen MR) is 231 cm³/mol. The van der Waals surface area contributed by atoms with Gasteiger partial charge in [-0.25, -0.2) is 0 Å². The second-order valence-corrected chi connectivity index (χ2v) is 19.8. The van der Waals surface area contributed by atoms with Crippen molar-refractivity contribution in [1.29, 1.82) is 0 Å². The summed E-state index contributed by atoms with van der Waals surface area (Å²) in [5.74, 6) is -2.77. The highest BCUT2D eigenvalue weighted by Crippen LogP contribution is 2.58. The molecule has 0 heterocycles. The molecule has 0 aromatic heterocycles. The number of rotatable bonds is 28. The molecular weight excluding hydrogens is 729 g/mol. The first-order valence-electron chi connectivity index (χ1n) is 22.4. The molecule has 8 nitrogen and oxygen atoms in total. The van der Waals surface area contributed by atoms with E-state index in [9.17, 15) is 39.6 Å². The van der Waals surface area contributed by atoms with E-state index >= 15 is 0 Å². The van der Waals surface area contributed by atoms with Gasteiger partial charge in [-0.15, -0.1) is 0 Å². The summed E-state index contributed by atoms with van der Waals surface area (Å²) in [5, 5.41) is 39.3. The zero-order chi connectivity index (χ0) is 42.9. The Hall–Kier alpha value is -3.68. The van der Waals surface area contributed by atoms with E-state index in [0.29, 0.717) is 25.7 Å². The molecule has 0 saturated heterocycles. The van der Waals surface area contributed by atoms with Crippen LogP contribution < -0.4 is 0 Å². The van der Waals surface area contributed by atoms with E-state index in [1.54, 1.807) is 27.7 Å². The molecule has 2 aromatic carbocycles. The van der Waals surface area contributed by atoms with E-state index in [1.165, 1.54) is 44.5 Å². The van der Waals surface area contributed by atoms with Gasteiger partial charge in [0.2, 0.25) is 0 Å². The molecule has 2 saturated carbocycles. The van der Waals surface area contributed by atoms with Crippen LogP contribution >= 0.6 is 0 Å². The first-order valence-corrected chi connectivity index (χ1v) is 22.4. The molecule has 8 heteroatoms. The summed E-state index contributed by atoms with van der Waals surface area (Å²) >= 11 is 0. The van der Waals surface area contributed by atoms with Gasteiger partial charge in [0.1, 0.15) is 0 Å². The third kappa shape index (κ3) is 12.4. The molecule has 0 radical (unpaired) electrons. The van der Waals surface area contributed by atoms with Crippen molar-refractivity contribution in [2.75, 3.05) is 0 Å². The van der Waals surface area contributed by atoms with Crippen molar-refractivity contribution in [1.82, 2.24) is 0 Å². The van der Waals surface area contributed by atoms with Crippen LogP contribution in [0.4, 0.5) is 0 Å². The Bertz CT molecular complexity index is 1760. The van der Waals surface area contributed by atoms with Crippen molar-refractivity contribution in [3.8, 4) is 0 Å². The lowest BCUT2D eigenvalue weighted by atomic mass is 9.84. The number of aryl methyl sites for hydroxylation is 4. The molecule has 0 aliphatic heterocycles. The lowest BCUT2D eigenvalue weighted by molar-refractivity contribution is -0.148. The second kappa shape index (κ2) is 20.1. The first-order chi connectivity index (χ1) is 27.2. The molecular formula is C50H74O8. The number of carbonyl (C=O) groups is 4. The number of aliphatic carboxylic acids is 4. The maximum atomic E-state index is 12.9. The summed E-state index contributed by atoms with van der Waals surface area (Å²) in [6.45, 7) is 13.6. The topological polar surface area (TPSA) is 149 Å². The molecule has 2 fully saturated rings. The third-order valence-electron chi connectivity index (χ3n) is 14.2. The third-order valence-corrected chi connectivity index (χ3v) is 14.2. The molecule has 2 atom stereocenters. The normalized spacial score (nSPS) is 18.6. The summed E-state index contributed by atoms with van der Waals surface area (Å²) < 4.78 is 0.